The third-order valence-corrected chi connectivity index (χ3v) is 3.16. The highest BCUT2D eigenvalue weighted by molar-refractivity contribution is 5.47. The highest BCUT2D eigenvalue weighted by atomic mass is 16.5. The molecule has 0 unspecified atom stereocenters. The first-order chi connectivity index (χ1) is 9.31. The highest BCUT2D eigenvalue weighted by Gasteiger charge is 2.20. The van der Waals surface area contributed by atoms with E-state index >= 15 is 0 Å². The van der Waals surface area contributed by atoms with Crippen LogP contribution in [-0.2, 0) is 11.3 Å². The fourth-order valence-corrected chi connectivity index (χ4v) is 1.94. The molecule has 0 aliphatic heterocycles. The van der Waals surface area contributed by atoms with Crippen LogP contribution in [0, 0.1) is 5.92 Å². The van der Waals surface area contributed by atoms with Crippen molar-refractivity contribution in [3.8, 4) is 0 Å². The van der Waals surface area contributed by atoms with Crippen LogP contribution in [0.25, 0.3) is 0 Å². The van der Waals surface area contributed by atoms with Crippen LogP contribution < -0.4 is 10.6 Å². The number of hydrogen-bond acceptors (Lipinski definition) is 5. The van der Waals surface area contributed by atoms with Gasteiger partial charge >= 0.3 is 0 Å². The minimum Gasteiger partial charge on any atom is -0.377 e. The summed E-state index contributed by atoms with van der Waals surface area (Å²) in [6, 6.07) is 1.97. The predicted octanol–water partition coefficient (Wildman–Crippen LogP) is 2.66. The SMILES string of the molecule is CCCNc1cc(NCCC2CC2)nc(COC)n1. The molecule has 1 saturated carbocycles. The molecule has 2 N–H and O–H groups in total. The molecule has 1 aliphatic rings. The minimum absolute atomic E-state index is 0.443. The Morgan fingerprint density at radius 1 is 1.21 bits per heavy atom. The van der Waals surface area contributed by atoms with Crippen LogP contribution >= 0.6 is 0 Å². The predicted molar refractivity (Wildman–Crippen MR) is 77.4 cm³/mol. The number of nitrogens with one attached hydrogen (secondary N) is 2. The number of rotatable bonds is 9. The van der Waals surface area contributed by atoms with Crippen LogP contribution in [0.5, 0.6) is 0 Å². The van der Waals surface area contributed by atoms with Crippen molar-refractivity contribution < 1.29 is 4.74 Å². The summed E-state index contributed by atoms with van der Waals surface area (Å²) in [5.74, 6) is 3.42. The first-order valence-corrected chi connectivity index (χ1v) is 7.16. The van der Waals surface area contributed by atoms with E-state index in [1.807, 2.05) is 6.07 Å². The summed E-state index contributed by atoms with van der Waals surface area (Å²) in [5.41, 5.74) is 0. The fraction of sp³-hybridized carbons (Fsp3) is 0.714. The van der Waals surface area contributed by atoms with Gasteiger partial charge in [-0.3, -0.25) is 0 Å². The summed E-state index contributed by atoms with van der Waals surface area (Å²) in [6.07, 6.45) is 5.10. The largest absolute Gasteiger partial charge is 0.377 e. The number of methoxy groups -OCH3 is 1. The van der Waals surface area contributed by atoms with Gasteiger partial charge in [-0.15, -0.1) is 0 Å². The van der Waals surface area contributed by atoms with Gasteiger partial charge in [-0.2, -0.15) is 0 Å². The Kier molecular flexibility index (Phi) is 5.39. The lowest BCUT2D eigenvalue weighted by atomic mass is 10.3. The lowest BCUT2D eigenvalue weighted by Gasteiger charge is -2.10. The van der Waals surface area contributed by atoms with Crippen LogP contribution in [0.4, 0.5) is 11.6 Å². The zero-order valence-electron chi connectivity index (χ0n) is 11.9. The molecule has 19 heavy (non-hydrogen) atoms. The average molecular weight is 264 g/mol. The van der Waals surface area contributed by atoms with E-state index in [0.717, 1.165) is 42.9 Å². The molecule has 0 amide bonds. The normalized spacial score (nSPS) is 14.4. The van der Waals surface area contributed by atoms with E-state index in [1.54, 1.807) is 7.11 Å². The Labute approximate surface area is 115 Å². The van der Waals surface area contributed by atoms with Crippen LogP contribution in [0.1, 0.15) is 38.4 Å². The zero-order chi connectivity index (χ0) is 13.5. The van der Waals surface area contributed by atoms with E-state index in [-0.39, 0.29) is 0 Å². The second-order valence-corrected chi connectivity index (χ2v) is 5.07. The first-order valence-electron chi connectivity index (χ1n) is 7.16. The third kappa shape index (κ3) is 5.03. The van der Waals surface area contributed by atoms with E-state index in [9.17, 15) is 0 Å². The van der Waals surface area contributed by atoms with Crippen molar-refractivity contribution >= 4 is 11.6 Å². The maximum absolute atomic E-state index is 5.11. The molecule has 1 aliphatic carbocycles. The van der Waals surface area contributed by atoms with Crippen molar-refractivity contribution in [1.29, 1.82) is 0 Å². The van der Waals surface area contributed by atoms with Crippen LogP contribution in [0.3, 0.4) is 0 Å². The van der Waals surface area contributed by atoms with Crippen LogP contribution in [0.15, 0.2) is 6.07 Å². The maximum Gasteiger partial charge on any atom is 0.158 e. The quantitative estimate of drug-likeness (QED) is 0.718. The van der Waals surface area contributed by atoms with Crippen molar-refractivity contribution in [3.63, 3.8) is 0 Å². The fourth-order valence-electron chi connectivity index (χ4n) is 1.94. The molecule has 0 aromatic carbocycles. The summed E-state index contributed by atoms with van der Waals surface area (Å²) >= 11 is 0. The van der Waals surface area contributed by atoms with Crippen LogP contribution in [0.2, 0.25) is 0 Å². The smallest absolute Gasteiger partial charge is 0.158 e. The lowest BCUT2D eigenvalue weighted by Crippen LogP contribution is -2.10. The molecule has 0 atom stereocenters. The van der Waals surface area contributed by atoms with Crippen molar-refractivity contribution in [2.75, 3.05) is 30.8 Å². The van der Waals surface area contributed by atoms with E-state index in [1.165, 1.54) is 19.3 Å². The van der Waals surface area contributed by atoms with Gasteiger partial charge in [0, 0.05) is 26.3 Å². The molecular formula is C14H24N4O. The average Bonchev–Trinajstić information content (AvgIpc) is 3.21. The monoisotopic (exact) mass is 264 g/mol. The van der Waals surface area contributed by atoms with Crippen molar-refractivity contribution in [2.24, 2.45) is 5.92 Å². The summed E-state index contributed by atoms with van der Waals surface area (Å²) < 4.78 is 5.11. The van der Waals surface area contributed by atoms with Crippen molar-refractivity contribution in [2.45, 2.75) is 39.2 Å². The summed E-state index contributed by atoms with van der Waals surface area (Å²) in [4.78, 5) is 8.89. The molecule has 1 aromatic rings. The van der Waals surface area contributed by atoms with Gasteiger partial charge < -0.3 is 15.4 Å². The summed E-state index contributed by atoms with van der Waals surface area (Å²) in [6.45, 7) is 4.49. The van der Waals surface area contributed by atoms with Gasteiger partial charge in [-0.1, -0.05) is 19.8 Å². The Bertz CT molecular complexity index is 393. The van der Waals surface area contributed by atoms with E-state index in [2.05, 4.69) is 27.5 Å². The Morgan fingerprint density at radius 2 is 1.89 bits per heavy atom. The number of hydrogen-bond donors (Lipinski definition) is 2. The first kappa shape index (κ1) is 14.1. The molecule has 0 radical (unpaired) electrons. The molecule has 2 rings (SSSR count). The Hall–Kier alpha value is -1.36. The molecule has 0 spiro atoms. The minimum atomic E-state index is 0.443. The van der Waals surface area contributed by atoms with Crippen molar-refractivity contribution in [3.05, 3.63) is 11.9 Å². The molecule has 106 valence electrons. The summed E-state index contributed by atoms with van der Waals surface area (Å²) in [7, 11) is 1.66. The molecule has 5 nitrogen and oxygen atoms in total. The van der Waals surface area contributed by atoms with Gasteiger partial charge in [-0.05, 0) is 18.8 Å². The number of nitrogens with zero attached hydrogens (tertiary/aromatic N) is 2. The van der Waals surface area contributed by atoms with E-state index in [4.69, 9.17) is 4.74 Å². The molecule has 1 fully saturated rings. The maximum atomic E-state index is 5.11. The van der Waals surface area contributed by atoms with E-state index < -0.39 is 0 Å². The number of aromatic nitrogens is 2. The second-order valence-electron chi connectivity index (χ2n) is 5.07. The van der Waals surface area contributed by atoms with Crippen molar-refractivity contribution in [1.82, 2.24) is 9.97 Å². The lowest BCUT2D eigenvalue weighted by molar-refractivity contribution is 0.178. The molecule has 5 heteroatoms. The standard InChI is InChI=1S/C14H24N4O/c1-3-7-15-12-9-13(16-8-6-11-4-5-11)18-14(17-12)10-19-2/h9,11H,3-8,10H2,1-2H3,(H2,15,16,17,18). The van der Waals surface area contributed by atoms with Gasteiger partial charge in [0.1, 0.15) is 18.2 Å². The van der Waals surface area contributed by atoms with E-state index in [0.29, 0.717) is 6.61 Å². The Balaban J connectivity index is 1.94. The zero-order valence-corrected chi connectivity index (χ0v) is 11.9. The molecule has 1 aromatic heterocycles. The van der Waals surface area contributed by atoms with Gasteiger partial charge in [0.25, 0.3) is 0 Å². The van der Waals surface area contributed by atoms with Gasteiger partial charge in [0.05, 0.1) is 0 Å². The summed E-state index contributed by atoms with van der Waals surface area (Å²) in [5, 5.41) is 6.68. The van der Waals surface area contributed by atoms with Gasteiger partial charge in [0.2, 0.25) is 0 Å². The number of anilines is 2. The van der Waals surface area contributed by atoms with Gasteiger partial charge in [0.15, 0.2) is 5.82 Å². The topological polar surface area (TPSA) is 59.1 Å². The highest BCUT2D eigenvalue weighted by Crippen LogP contribution is 2.32. The molecule has 0 saturated heterocycles. The second kappa shape index (κ2) is 7.28. The third-order valence-electron chi connectivity index (χ3n) is 3.16. The molecule has 1 heterocycles. The van der Waals surface area contributed by atoms with Crippen LogP contribution in [-0.4, -0.2) is 30.2 Å². The molecule has 0 bridgehead atoms. The molecular weight excluding hydrogens is 240 g/mol. The van der Waals surface area contributed by atoms with Gasteiger partial charge in [-0.25, -0.2) is 9.97 Å². The number of ether oxygens (including phenoxy) is 1. The Morgan fingerprint density at radius 3 is 2.47 bits per heavy atom.